The van der Waals surface area contributed by atoms with E-state index in [9.17, 15) is 4.79 Å². The maximum atomic E-state index is 12.0. The minimum Gasteiger partial charge on any atom is -0.296 e. The molecule has 146 valence electrons. The molecular weight excluding hydrogens is 372 g/mol. The molecule has 6 heteroatoms. The number of piperazine rings is 1. The summed E-state index contributed by atoms with van der Waals surface area (Å²) >= 11 is 6.24. The van der Waals surface area contributed by atoms with Crippen LogP contribution in [0.2, 0.25) is 5.02 Å². The zero-order valence-corrected chi connectivity index (χ0v) is 16.6. The molecule has 5 nitrogen and oxygen atoms in total. The molecule has 1 aliphatic rings. The molecule has 0 atom stereocenters. The lowest BCUT2D eigenvalue weighted by atomic mass is 10.2. The van der Waals surface area contributed by atoms with Crippen molar-refractivity contribution in [3.8, 4) is 0 Å². The minimum absolute atomic E-state index is 0.0936. The third-order valence-corrected chi connectivity index (χ3v) is 4.99. The highest BCUT2D eigenvalue weighted by Gasteiger charge is 2.19. The van der Waals surface area contributed by atoms with Crippen LogP contribution in [0.25, 0.3) is 6.08 Å². The van der Waals surface area contributed by atoms with E-state index in [1.807, 2.05) is 60.7 Å². The van der Waals surface area contributed by atoms with Gasteiger partial charge in [-0.2, -0.15) is 5.10 Å². The molecular formula is C22H25ClN4O. The average molecular weight is 397 g/mol. The summed E-state index contributed by atoms with van der Waals surface area (Å²) in [5.41, 5.74) is 4.82. The van der Waals surface area contributed by atoms with Gasteiger partial charge in [0.25, 0.3) is 5.91 Å². The van der Waals surface area contributed by atoms with Crippen LogP contribution >= 0.6 is 11.6 Å². The van der Waals surface area contributed by atoms with Crippen molar-refractivity contribution in [3.63, 3.8) is 0 Å². The van der Waals surface area contributed by atoms with Gasteiger partial charge in [-0.05, 0) is 23.3 Å². The van der Waals surface area contributed by atoms with Gasteiger partial charge < -0.3 is 0 Å². The number of hydrogen-bond acceptors (Lipinski definition) is 4. The summed E-state index contributed by atoms with van der Waals surface area (Å²) in [5, 5.41) is 4.78. The van der Waals surface area contributed by atoms with E-state index >= 15 is 0 Å². The highest BCUT2D eigenvalue weighted by Crippen LogP contribution is 2.17. The Morgan fingerprint density at radius 2 is 1.68 bits per heavy atom. The lowest BCUT2D eigenvalue weighted by Gasteiger charge is -2.34. The van der Waals surface area contributed by atoms with Crippen LogP contribution in [-0.4, -0.2) is 54.6 Å². The topological polar surface area (TPSA) is 47.9 Å². The van der Waals surface area contributed by atoms with E-state index in [0.717, 1.165) is 48.9 Å². The molecule has 2 aromatic rings. The Kier molecular flexibility index (Phi) is 7.79. The van der Waals surface area contributed by atoms with Gasteiger partial charge in [0, 0.05) is 44.0 Å². The summed E-state index contributed by atoms with van der Waals surface area (Å²) in [7, 11) is 0. The smallest absolute Gasteiger partial charge is 0.254 e. The van der Waals surface area contributed by atoms with Gasteiger partial charge in [-0.15, -0.1) is 0 Å². The second-order valence-corrected chi connectivity index (χ2v) is 7.13. The van der Waals surface area contributed by atoms with Crippen molar-refractivity contribution in [1.29, 1.82) is 0 Å². The predicted molar refractivity (Wildman–Crippen MR) is 115 cm³/mol. The first kappa shape index (κ1) is 20.3. The second kappa shape index (κ2) is 10.8. The number of carbonyl (C=O) groups excluding carboxylic acids is 1. The molecule has 3 rings (SSSR count). The molecule has 1 fully saturated rings. The number of halogens is 1. The molecule has 0 aromatic heterocycles. The molecule has 0 spiro atoms. The van der Waals surface area contributed by atoms with Crippen LogP contribution in [-0.2, 0) is 11.3 Å². The lowest BCUT2D eigenvalue weighted by molar-refractivity contribution is -0.122. The van der Waals surface area contributed by atoms with Crippen molar-refractivity contribution in [3.05, 3.63) is 76.8 Å². The van der Waals surface area contributed by atoms with Crippen LogP contribution < -0.4 is 5.43 Å². The van der Waals surface area contributed by atoms with Gasteiger partial charge in [-0.1, -0.05) is 66.2 Å². The largest absolute Gasteiger partial charge is 0.296 e. The molecule has 0 saturated carbocycles. The lowest BCUT2D eigenvalue weighted by Crippen LogP contribution is -2.48. The molecule has 0 unspecified atom stereocenters. The van der Waals surface area contributed by atoms with Crippen molar-refractivity contribution in [2.24, 2.45) is 5.10 Å². The zero-order valence-electron chi connectivity index (χ0n) is 15.8. The second-order valence-electron chi connectivity index (χ2n) is 6.73. The average Bonchev–Trinajstić information content (AvgIpc) is 2.72. The summed E-state index contributed by atoms with van der Waals surface area (Å²) in [6.07, 6.45) is 5.34. The van der Waals surface area contributed by atoms with Gasteiger partial charge in [0.1, 0.15) is 0 Å². The number of carbonyl (C=O) groups is 1. The first-order valence-corrected chi connectivity index (χ1v) is 9.80. The van der Waals surface area contributed by atoms with Gasteiger partial charge in [0.15, 0.2) is 0 Å². The maximum Gasteiger partial charge on any atom is 0.254 e. The van der Waals surface area contributed by atoms with E-state index < -0.39 is 0 Å². The predicted octanol–water partition coefficient (Wildman–Crippen LogP) is 3.27. The Morgan fingerprint density at radius 3 is 2.43 bits per heavy atom. The first-order valence-electron chi connectivity index (χ1n) is 9.42. The number of amides is 1. The summed E-state index contributed by atoms with van der Waals surface area (Å²) < 4.78 is 0. The van der Waals surface area contributed by atoms with Gasteiger partial charge >= 0.3 is 0 Å². The maximum absolute atomic E-state index is 12.0. The fourth-order valence-electron chi connectivity index (χ4n) is 3.08. The number of nitrogens with one attached hydrogen (secondary N) is 1. The highest BCUT2D eigenvalue weighted by molar-refractivity contribution is 6.31. The molecule has 0 bridgehead atoms. The minimum atomic E-state index is -0.0936. The van der Waals surface area contributed by atoms with Gasteiger partial charge in [0.2, 0.25) is 0 Å². The monoisotopic (exact) mass is 396 g/mol. The van der Waals surface area contributed by atoms with E-state index in [1.54, 1.807) is 6.21 Å². The Labute approximate surface area is 171 Å². The van der Waals surface area contributed by atoms with E-state index in [4.69, 9.17) is 11.6 Å². The molecule has 1 N–H and O–H groups in total. The van der Waals surface area contributed by atoms with Crippen LogP contribution in [0.5, 0.6) is 0 Å². The fraction of sp³-hybridized carbons (Fsp3) is 0.273. The van der Waals surface area contributed by atoms with Gasteiger partial charge in [-0.25, -0.2) is 5.43 Å². The molecule has 1 aliphatic heterocycles. The molecule has 0 aliphatic carbocycles. The molecule has 0 radical (unpaired) electrons. The number of benzene rings is 2. The number of hydrogen-bond donors (Lipinski definition) is 1. The molecule has 2 aromatic carbocycles. The van der Waals surface area contributed by atoms with Gasteiger partial charge in [0.05, 0.1) is 6.54 Å². The van der Waals surface area contributed by atoms with E-state index in [0.29, 0.717) is 6.54 Å². The van der Waals surface area contributed by atoms with Gasteiger partial charge in [-0.3, -0.25) is 14.6 Å². The van der Waals surface area contributed by atoms with Crippen LogP contribution in [0.1, 0.15) is 11.1 Å². The summed E-state index contributed by atoms with van der Waals surface area (Å²) in [6.45, 7) is 4.76. The van der Waals surface area contributed by atoms with Crippen molar-refractivity contribution in [1.82, 2.24) is 15.2 Å². The Balaban J connectivity index is 1.35. The fourth-order valence-corrected chi connectivity index (χ4v) is 3.28. The van der Waals surface area contributed by atoms with Crippen LogP contribution in [0.3, 0.4) is 0 Å². The van der Waals surface area contributed by atoms with Crippen molar-refractivity contribution in [2.45, 2.75) is 6.54 Å². The van der Waals surface area contributed by atoms with Crippen LogP contribution in [0.15, 0.2) is 65.8 Å². The third kappa shape index (κ3) is 6.60. The SMILES string of the molecule is O=C(CN1CCN(Cc2ccccc2Cl)CC1)N/N=C/C=C\c1ccccc1. The van der Waals surface area contributed by atoms with Crippen LogP contribution in [0, 0.1) is 0 Å². The van der Waals surface area contributed by atoms with Crippen molar-refractivity contribution in [2.75, 3.05) is 32.7 Å². The molecule has 28 heavy (non-hydrogen) atoms. The van der Waals surface area contributed by atoms with Crippen molar-refractivity contribution >= 4 is 29.8 Å². The van der Waals surface area contributed by atoms with E-state index in [2.05, 4.69) is 26.4 Å². The first-order chi connectivity index (χ1) is 13.7. The van der Waals surface area contributed by atoms with E-state index in [-0.39, 0.29) is 5.91 Å². The molecule has 1 saturated heterocycles. The molecule has 1 amide bonds. The Morgan fingerprint density at radius 1 is 1.00 bits per heavy atom. The number of rotatable bonds is 7. The molecule has 1 heterocycles. The van der Waals surface area contributed by atoms with Crippen molar-refractivity contribution < 1.29 is 4.79 Å². The summed E-state index contributed by atoms with van der Waals surface area (Å²) in [4.78, 5) is 16.5. The Bertz CT molecular complexity index is 814. The Hall–Kier alpha value is -2.47. The van der Waals surface area contributed by atoms with E-state index in [1.165, 1.54) is 0 Å². The zero-order chi connectivity index (χ0) is 19.6. The highest BCUT2D eigenvalue weighted by atomic mass is 35.5. The quantitative estimate of drug-likeness (QED) is 0.577. The standard InChI is InChI=1S/C22H25ClN4O/c23-21-11-5-4-10-20(21)17-26-13-15-27(16-14-26)18-22(28)25-24-12-6-9-19-7-2-1-3-8-19/h1-12H,13-18H2,(H,25,28)/b9-6-,24-12+. The van der Waals surface area contributed by atoms with Crippen LogP contribution in [0.4, 0.5) is 0 Å². The number of nitrogens with zero attached hydrogens (tertiary/aromatic N) is 3. The number of hydrazone groups is 1. The summed E-state index contributed by atoms with van der Waals surface area (Å²) in [6, 6.07) is 17.9. The summed E-state index contributed by atoms with van der Waals surface area (Å²) in [5.74, 6) is -0.0936. The third-order valence-electron chi connectivity index (χ3n) is 4.62. The number of allylic oxidation sites excluding steroid dienone is 1. The normalized spacial score (nSPS) is 16.0.